The van der Waals surface area contributed by atoms with Gasteiger partial charge in [0.05, 0.1) is 30.3 Å². The van der Waals surface area contributed by atoms with Crippen molar-refractivity contribution < 1.29 is 38.2 Å². The molecule has 1 unspecified atom stereocenters. The van der Waals surface area contributed by atoms with Gasteiger partial charge in [-0.3, -0.25) is 14.5 Å². The van der Waals surface area contributed by atoms with Crippen LogP contribution in [0.4, 0.5) is 10.5 Å². The van der Waals surface area contributed by atoms with Crippen LogP contribution in [0.1, 0.15) is 110 Å². The van der Waals surface area contributed by atoms with Crippen molar-refractivity contribution in [2.45, 2.75) is 106 Å². The van der Waals surface area contributed by atoms with Crippen molar-refractivity contribution in [2.24, 2.45) is 0 Å². The summed E-state index contributed by atoms with van der Waals surface area (Å²) in [7, 11) is 0. The first kappa shape index (κ1) is 33.5. The van der Waals surface area contributed by atoms with Crippen molar-refractivity contribution in [2.75, 3.05) is 18.1 Å². The summed E-state index contributed by atoms with van der Waals surface area (Å²) in [6, 6.07) is 1.72. The molecule has 10 heteroatoms. The maximum absolute atomic E-state index is 13.5. The van der Waals surface area contributed by atoms with Crippen LogP contribution in [0.2, 0.25) is 0 Å². The highest BCUT2D eigenvalue weighted by Gasteiger charge is 2.47. The largest absolute Gasteiger partial charge is 0.464 e. The van der Waals surface area contributed by atoms with Gasteiger partial charge in [0.25, 0.3) is 0 Å². The normalized spacial score (nSPS) is 14.5. The number of ether oxygens (including phenoxy) is 3. The van der Waals surface area contributed by atoms with Gasteiger partial charge in [-0.15, -0.1) is 0 Å². The summed E-state index contributed by atoms with van der Waals surface area (Å²) < 4.78 is 17.2. The number of nitrogens with zero attached hydrogens (tertiary/aromatic N) is 2. The lowest BCUT2D eigenvalue weighted by Gasteiger charge is -2.25. The first-order valence-corrected chi connectivity index (χ1v) is 14.4. The number of carbonyl (C=O) groups excluding carboxylic acids is 5. The number of aromatic nitrogens is 1. The number of amides is 1. The van der Waals surface area contributed by atoms with E-state index in [-0.39, 0.29) is 24.7 Å². The molecule has 1 aliphatic heterocycles. The van der Waals surface area contributed by atoms with Crippen molar-refractivity contribution in [3.63, 3.8) is 0 Å². The van der Waals surface area contributed by atoms with Crippen LogP contribution in [-0.2, 0) is 35.0 Å². The van der Waals surface area contributed by atoms with Gasteiger partial charge in [-0.1, -0.05) is 27.2 Å². The smallest absolute Gasteiger partial charge is 0.419 e. The number of hydrogen-bond acceptors (Lipinski definition) is 8. The van der Waals surface area contributed by atoms with Gasteiger partial charge in [0.1, 0.15) is 5.60 Å². The molecule has 3 rings (SSSR count). The third-order valence-corrected chi connectivity index (χ3v) is 6.52. The Kier molecular flexibility index (Phi) is 11.3. The lowest BCUT2D eigenvalue weighted by molar-refractivity contribution is -0.157. The standard InChI is InChI=1S/C29H38N2O8.C2H6/c1-9-12-13-18-20-15-21-19(14-22(20)31(23(18)17(5)32)28(36)39-29(6,7)8)16(4)25(33)30(21)24(26(34)37-10-2)27(35)38-11-3;1-2/h14-16,24H,9-13H2,1-8H3;1-2H3. The second kappa shape index (κ2) is 13.8. The Labute approximate surface area is 242 Å². The molecule has 0 spiro atoms. The van der Waals surface area contributed by atoms with Crippen molar-refractivity contribution in [1.82, 2.24) is 4.57 Å². The molecular weight excluding hydrogens is 528 g/mol. The second-order valence-electron chi connectivity index (χ2n) is 10.6. The van der Waals surface area contributed by atoms with E-state index in [0.717, 1.165) is 17.7 Å². The summed E-state index contributed by atoms with van der Waals surface area (Å²) in [6.07, 6.45) is 1.39. The number of benzene rings is 1. The second-order valence-corrected chi connectivity index (χ2v) is 10.6. The quantitative estimate of drug-likeness (QED) is 0.157. The van der Waals surface area contributed by atoms with E-state index in [0.29, 0.717) is 34.1 Å². The Morgan fingerprint density at radius 2 is 1.54 bits per heavy atom. The lowest BCUT2D eigenvalue weighted by Crippen LogP contribution is -2.50. The molecule has 1 atom stereocenters. The van der Waals surface area contributed by atoms with Crippen molar-refractivity contribution in [3.8, 4) is 0 Å². The SMILES string of the molecule is CC.CCCCc1c(C(C)=O)n(C(=O)OC(C)(C)C)c2cc3c(cc12)N(C(C(=O)OCC)C(=O)OCC)C(=O)C3C. The zero-order valence-corrected chi connectivity index (χ0v) is 26.0. The molecule has 1 amide bonds. The number of rotatable bonds is 9. The predicted octanol–water partition coefficient (Wildman–Crippen LogP) is 5.94. The number of esters is 2. The summed E-state index contributed by atoms with van der Waals surface area (Å²) in [5.74, 6) is -3.31. The lowest BCUT2D eigenvalue weighted by atomic mass is 9.98. The van der Waals surface area contributed by atoms with E-state index in [4.69, 9.17) is 14.2 Å². The molecule has 0 radical (unpaired) electrons. The Hall–Kier alpha value is -3.69. The maximum Gasteiger partial charge on any atom is 0.419 e. The molecule has 0 saturated carbocycles. The summed E-state index contributed by atoms with van der Waals surface area (Å²) in [6.45, 7) is 17.5. The first-order chi connectivity index (χ1) is 19.3. The van der Waals surface area contributed by atoms with Gasteiger partial charge in [0.2, 0.25) is 11.9 Å². The molecule has 41 heavy (non-hydrogen) atoms. The van der Waals surface area contributed by atoms with Crippen LogP contribution in [0.5, 0.6) is 0 Å². The molecule has 0 fully saturated rings. The van der Waals surface area contributed by atoms with E-state index in [1.54, 1.807) is 53.7 Å². The molecule has 2 heterocycles. The minimum absolute atomic E-state index is 0.0140. The van der Waals surface area contributed by atoms with E-state index in [2.05, 4.69) is 0 Å². The molecule has 0 N–H and O–H groups in total. The minimum atomic E-state index is -1.63. The molecule has 226 valence electrons. The van der Waals surface area contributed by atoms with Crippen LogP contribution in [-0.4, -0.2) is 59.1 Å². The van der Waals surface area contributed by atoms with Crippen molar-refractivity contribution in [1.29, 1.82) is 0 Å². The van der Waals surface area contributed by atoms with E-state index < -0.39 is 41.5 Å². The third-order valence-electron chi connectivity index (χ3n) is 6.52. The van der Waals surface area contributed by atoms with Gasteiger partial charge < -0.3 is 14.2 Å². The molecular formula is C31H44N2O8. The number of Topliss-reactive ketones (excluding diaryl/α,β-unsaturated/α-hetero) is 1. The number of fused-ring (bicyclic) bond motifs is 2. The zero-order chi connectivity index (χ0) is 31.2. The minimum Gasteiger partial charge on any atom is -0.464 e. The summed E-state index contributed by atoms with van der Waals surface area (Å²) >= 11 is 0. The molecule has 0 aliphatic carbocycles. The fourth-order valence-electron chi connectivity index (χ4n) is 4.91. The fourth-order valence-corrected chi connectivity index (χ4v) is 4.91. The third kappa shape index (κ3) is 6.80. The highest BCUT2D eigenvalue weighted by Crippen LogP contribution is 2.43. The van der Waals surface area contributed by atoms with Crippen LogP contribution in [0, 0.1) is 0 Å². The molecule has 1 aromatic carbocycles. The number of aryl methyl sites for hydroxylation is 1. The highest BCUT2D eigenvalue weighted by atomic mass is 16.6. The molecule has 0 bridgehead atoms. The molecule has 1 aromatic heterocycles. The van der Waals surface area contributed by atoms with Crippen molar-refractivity contribution in [3.05, 3.63) is 29.0 Å². The molecule has 0 saturated heterocycles. The monoisotopic (exact) mass is 572 g/mol. The highest BCUT2D eigenvalue weighted by molar-refractivity contribution is 6.17. The van der Waals surface area contributed by atoms with Crippen LogP contribution in [0.25, 0.3) is 10.9 Å². The molecule has 2 aromatic rings. The summed E-state index contributed by atoms with van der Waals surface area (Å²) in [4.78, 5) is 66.8. The molecule has 10 nitrogen and oxygen atoms in total. The number of anilines is 1. The Bertz CT molecular complexity index is 1300. The summed E-state index contributed by atoms with van der Waals surface area (Å²) in [5.41, 5.74) is 1.31. The van der Waals surface area contributed by atoms with Gasteiger partial charge in [-0.25, -0.2) is 19.0 Å². The van der Waals surface area contributed by atoms with Crippen LogP contribution < -0.4 is 4.90 Å². The van der Waals surface area contributed by atoms with Crippen LogP contribution >= 0.6 is 0 Å². The van der Waals surface area contributed by atoms with E-state index in [9.17, 15) is 24.0 Å². The van der Waals surface area contributed by atoms with Gasteiger partial charge >= 0.3 is 18.0 Å². The van der Waals surface area contributed by atoms with Gasteiger partial charge in [-0.2, -0.15) is 0 Å². The summed E-state index contributed by atoms with van der Waals surface area (Å²) in [5, 5.41) is 0.566. The van der Waals surface area contributed by atoms with Crippen molar-refractivity contribution >= 4 is 46.3 Å². The maximum atomic E-state index is 13.5. The van der Waals surface area contributed by atoms with Gasteiger partial charge in [-0.05, 0) is 77.6 Å². The number of hydrogen-bond donors (Lipinski definition) is 0. The van der Waals surface area contributed by atoms with E-state index in [1.165, 1.54) is 11.5 Å². The number of carbonyl (C=O) groups is 5. The fraction of sp³-hybridized carbons (Fsp3) is 0.581. The number of unbranched alkanes of at least 4 members (excludes halogenated alkanes) is 1. The van der Waals surface area contributed by atoms with E-state index in [1.807, 2.05) is 20.8 Å². The van der Waals surface area contributed by atoms with E-state index >= 15 is 0 Å². The van der Waals surface area contributed by atoms with Gasteiger partial charge in [0, 0.05) is 18.0 Å². The van der Waals surface area contributed by atoms with Crippen LogP contribution in [0.15, 0.2) is 12.1 Å². The van der Waals surface area contributed by atoms with Gasteiger partial charge in [0.15, 0.2) is 5.78 Å². The first-order valence-electron chi connectivity index (χ1n) is 14.4. The topological polar surface area (TPSA) is 121 Å². The predicted molar refractivity (Wildman–Crippen MR) is 156 cm³/mol. The Balaban J connectivity index is 0.00000287. The average Bonchev–Trinajstić information content (AvgIpc) is 3.34. The number of ketones is 1. The zero-order valence-electron chi connectivity index (χ0n) is 26.0. The Morgan fingerprint density at radius 3 is 2.00 bits per heavy atom. The van der Waals surface area contributed by atoms with Crippen LogP contribution in [0.3, 0.4) is 0 Å². The Morgan fingerprint density at radius 1 is 0.976 bits per heavy atom. The average molecular weight is 573 g/mol. The molecule has 1 aliphatic rings.